The third kappa shape index (κ3) is 5.74. The predicted octanol–water partition coefficient (Wildman–Crippen LogP) is 4.70. The second-order valence-corrected chi connectivity index (χ2v) is 8.88. The SMILES string of the molecule is Cc1cc(C)nc(SCc2nnc(SCC(=O)Nc3ccccc3)n2-c2ccccc2)n1. The highest BCUT2D eigenvalue weighted by molar-refractivity contribution is 7.99. The lowest BCUT2D eigenvalue weighted by molar-refractivity contribution is -0.113. The van der Waals surface area contributed by atoms with Crippen molar-refractivity contribution in [2.24, 2.45) is 0 Å². The fraction of sp³-hybridized carbons (Fsp3) is 0.174. The maximum absolute atomic E-state index is 12.4. The molecule has 2 aromatic heterocycles. The first-order chi connectivity index (χ1) is 15.6. The second kappa shape index (κ2) is 10.4. The Kier molecular flexibility index (Phi) is 7.18. The van der Waals surface area contributed by atoms with E-state index >= 15 is 0 Å². The van der Waals surface area contributed by atoms with Crippen molar-refractivity contribution in [1.82, 2.24) is 24.7 Å². The average Bonchev–Trinajstić information content (AvgIpc) is 3.20. The van der Waals surface area contributed by atoms with Crippen LogP contribution in [0.4, 0.5) is 5.69 Å². The number of anilines is 1. The van der Waals surface area contributed by atoms with E-state index in [9.17, 15) is 4.79 Å². The normalized spacial score (nSPS) is 10.8. The van der Waals surface area contributed by atoms with Crippen LogP contribution in [0.5, 0.6) is 0 Å². The summed E-state index contributed by atoms with van der Waals surface area (Å²) in [5.74, 6) is 1.47. The van der Waals surface area contributed by atoms with Gasteiger partial charge >= 0.3 is 0 Å². The van der Waals surface area contributed by atoms with Gasteiger partial charge in [-0.05, 0) is 44.2 Å². The van der Waals surface area contributed by atoms with Crippen LogP contribution in [0.25, 0.3) is 5.69 Å². The molecule has 0 atom stereocenters. The van der Waals surface area contributed by atoms with Crippen LogP contribution in [0, 0.1) is 13.8 Å². The van der Waals surface area contributed by atoms with Gasteiger partial charge in [0.15, 0.2) is 10.3 Å². The molecule has 0 fully saturated rings. The third-order valence-electron chi connectivity index (χ3n) is 4.40. The molecule has 1 N–H and O–H groups in total. The standard InChI is InChI=1S/C23H22N6OS2/c1-16-13-17(2)25-22(24-16)31-14-20-27-28-23(29(20)19-11-7-4-8-12-19)32-15-21(30)26-18-9-5-3-6-10-18/h3-13H,14-15H2,1-2H3,(H,26,30). The number of rotatable bonds is 8. The summed E-state index contributed by atoms with van der Waals surface area (Å²) in [7, 11) is 0. The first-order valence-corrected chi connectivity index (χ1v) is 12.0. The van der Waals surface area contributed by atoms with Crippen LogP contribution in [0.15, 0.2) is 77.0 Å². The Morgan fingerprint density at radius 3 is 2.25 bits per heavy atom. The summed E-state index contributed by atoms with van der Waals surface area (Å²) in [6.45, 7) is 3.92. The van der Waals surface area contributed by atoms with Crippen molar-refractivity contribution in [2.75, 3.05) is 11.1 Å². The van der Waals surface area contributed by atoms with Crippen LogP contribution in [-0.4, -0.2) is 36.4 Å². The Balaban J connectivity index is 1.51. The number of para-hydroxylation sites is 2. The van der Waals surface area contributed by atoms with Crippen LogP contribution in [-0.2, 0) is 10.5 Å². The average molecular weight is 463 g/mol. The molecule has 1 amide bonds. The van der Waals surface area contributed by atoms with Crippen molar-refractivity contribution >= 4 is 35.1 Å². The van der Waals surface area contributed by atoms with E-state index in [0.29, 0.717) is 16.1 Å². The molecule has 162 valence electrons. The molecule has 0 saturated carbocycles. The number of thioether (sulfide) groups is 2. The summed E-state index contributed by atoms with van der Waals surface area (Å²) in [6, 6.07) is 21.3. The number of hydrogen-bond acceptors (Lipinski definition) is 7. The molecule has 0 radical (unpaired) electrons. The van der Waals surface area contributed by atoms with E-state index in [2.05, 4.69) is 25.5 Å². The van der Waals surface area contributed by atoms with Gasteiger partial charge in [-0.15, -0.1) is 10.2 Å². The van der Waals surface area contributed by atoms with Gasteiger partial charge in [0.1, 0.15) is 5.82 Å². The smallest absolute Gasteiger partial charge is 0.234 e. The van der Waals surface area contributed by atoms with Crippen LogP contribution in [0.2, 0.25) is 0 Å². The maximum atomic E-state index is 12.4. The molecule has 32 heavy (non-hydrogen) atoms. The van der Waals surface area contributed by atoms with Crippen molar-refractivity contribution in [1.29, 1.82) is 0 Å². The summed E-state index contributed by atoms with van der Waals surface area (Å²) in [5.41, 5.74) is 3.59. The summed E-state index contributed by atoms with van der Waals surface area (Å²) >= 11 is 2.87. The maximum Gasteiger partial charge on any atom is 0.234 e. The van der Waals surface area contributed by atoms with Gasteiger partial charge in [0.05, 0.1) is 11.5 Å². The van der Waals surface area contributed by atoms with E-state index in [-0.39, 0.29) is 11.7 Å². The van der Waals surface area contributed by atoms with Crippen LogP contribution < -0.4 is 5.32 Å². The van der Waals surface area contributed by atoms with Gasteiger partial charge in [-0.2, -0.15) is 0 Å². The lowest BCUT2D eigenvalue weighted by atomic mass is 10.3. The molecule has 7 nitrogen and oxygen atoms in total. The number of aromatic nitrogens is 5. The molecule has 0 spiro atoms. The summed E-state index contributed by atoms with van der Waals surface area (Å²) in [4.78, 5) is 21.4. The zero-order valence-corrected chi connectivity index (χ0v) is 19.4. The van der Waals surface area contributed by atoms with E-state index in [1.807, 2.05) is 85.1 Å². The molecule has 0 saturated heterocycles. The largest absolute Gasteiger partial charge is 0.325 e. The number of nitrogens with zero attached hydrogens (tertiary/aromatic N) is 5. The van der Waals surface area contributed by atoms with E-state index in [4.69, 9.17) is 0 Å². The molecule has 0 bridgehead atoms. The van der Waals surface area contributed by atoms with E-state index in [0.717, 1.165) is 28.6 Å². The summed E-state index contributed by atoms with van der Waals surface area (Å²) in [6.07, 6.45) is 0. The Hall–Kier alpha value is -3.17. The van der Waals surface area contributed by atoms with Gasteiger partial charge in [-0.3, -0.25) is 9.36 Å². The zero-order chi connectivity index (χ0) is 22.3. The van der Waals surface area contributed by atoms with Gasteiger partial charge < -0.3 is 5.32 Å². The van der Waals surface area contributed by atoms with Crippen molar-refractivity contribution in [3.8, 4) is 5.69 Å². The van der Waals surface area contributed by atoms with E-state index in [1.165, 1.54) is 23.5 Å². The summed E-state index contributed by atoms with van der Waals surface area (Å²) < 4.78 is 1.98. The van der Waals surface area contributed by atoms with Crippen molar-refractivity contribution in [2.45, 2.75) is 29.9 Å². The zero-order valence-electron chi connectivity index (χ0n) is 17.7. The van der Waals surface area contributed by atoms with Gasteiger partial charge in [0.2, 0.25) is 5.91 Å². The Morgan fingerprint density at radius 1 is 0.906 bits per heavy atom. The first kappa shape index (κ1) is 22.0. The molecule has 2 heterocycles. The topological polar surface area (TPSA) is 85.6 Å². The fourth-order valence-electron chi connectivity index (χ4n) is 3.06. The molecule has 0 aliphatic heterocycles. The van der Waals surface area contributed by atoms with Gasteiger partial charge in [-0.25, -0.2) is 9.97 Å². The molecule has 2 aromatic carbocycles. The van der Waals surface area contributed by atoms with Gasteiger partial charge in [0, 0.05) is 22.8 Å². The molecular weight excluding hydrogens is 440 g/mol. The first-order valence-electron chi connectivity index (χ1n) is 10.0. The Bertz CT molecular complexity index is 1180. The second-order valence-electron chi connectivity index (χ2n) is 6.99. The highest BCUT2D eigenvalue weighted by Crippen LogP contribution is 2.26. The third-order valence-corrected chi connectivity index (χ3v) is 6.17. The number of benzene rings is 2. The number of aryl methyl sites for hydroxylation is 2. The minimum atomic E-state index is -0.0941. The number of amides is 1. The molecule has 0 aliphatic carbocycles. The van der Waals surface area contributed by atoms with Crippen LogP contribution >= 0.6 is 23.5 Å². The lowest BCUT2D eigenvalue weighted by Gasteiger charge is -2.10. The molecular formula is C23H22N6OS2. The Morgan fingerprint density at radius 2 is 1.56 bits per heavy atom. The predicted molar refractivity (Wildman–Crippen MR) is 128 cm³/mol. The minimum absolute atomic E-state index is 0.0941. The number of hydrogen-bond donors (Lipinski definition) is 1. The monoisotopic (exact) mass is 462 g/mol. The van der Waals surface area contributed by atoms with Crippen LogP contribution in [0.1, 0.15) is 17.2 Å². The molecule has 9 heteroatoms. The van der Waals surface area contributed by atoms with Crippen LogP contribution in [0.3, 0.4) is 0 Å². The number of carbonyl (C=O) groups excluding carboxylic acids is 1. The quantitative estimate of drug-likeness (QED) is 0.300. The van der Waals surface area contributed by atoms with E-state index in [1.54, 1.807) is 0 Å². The highest BCUT2D eigenvalue weighted by atomic mass is 32.2. The Labute approximate surface area is 195 Å². The molecule has 0 unspecified atom stereocenters. The van der Waals surface area contributed by atoms with Crippen molar-refractivity contribution < 1.29 is 4.79 Å². The minimum Gasteiger partial charge on any atom is -0.325 e. The summed E-state index contributed by atoms with van der Waals surface area (Å²) in [5, 5.41) is 13.0. The molecule has 0 aliphatic rings. The van der Waals surface area contributed by atoms with E-state index < -0.39 is 0 Å². The number of carbonyl (C=O) groups is 1. The lowest BCUT2D eigenvalue weighted by Crippen LogP contribution is -2.14. The highest BCUT2D eigenvalue weighted by Gasteiger charge is 2.17. The fourth-order valence-corrected chi connectivity index (χ4v) is 4.69. The van der Waals surface area contributed by atoms with Gasteiger partial charge in [-0.1, -0.05) is 59.9 Å². The van der Waals surface area contributed by atoms with Gasteiger partial charge in [0.25, 0.3) is 0 Å². The van der Waals surface area contributed by atoms with Crippen molar-refractivity contribution in [3.63, 3.8) is 0 Å². The molecule has 4 aromatic rings. The molecule has 4 rings (SSSR count). The number of nitrogens with one attached hydrogen (secondary N) is 1. The van der Waals surface area contributed by atoms with Crippen molar-refractivity contribution in [3.05, 3.63) is 83.9 Å².